The van der Waals surface area contributed by atoms with Crippen molar-refractivity contribution in [2.45, 2.75) is 44.2 Å². The molecular weight excluding hydrogens is 314 g/mol. The summed E-state index contributed by atoms with van der Waals surface area (Å²) in [7, 11) is 0. The van der Waals surface area contributed by atoms with Crippen LogP contribution >= 0.6 is 12.2 Å². The average Bonchev–Trinajstić information content (AvgIpc) is 2.60. The first-order chi connectivity index (χ1) is 11.2. The lowest BCUT2D eigenvalue weighted by Crippen LogP contribution is -2.54. The number of para-hydroxylation sites is 2. The van der Waals surface area contributed by atoms with Crippen LogP contribution in [0.1, 0.15) is 32.1 Å². The van der Waals surface area contributed by atoms with E-state index in [1.165, 1.54) is 19.3 Å². The summed E-state index contributed by atoms with van der Waals surface area (Å²) in [6.07, 6.45) is 5.27. The van der Waals surface area contributed by atoms with E-state index in [0.717, 1.165) is 12.8 Å². The number of benzene rings is 1. The van der Waals surface area contributed by atoms with E-state index < -0.39 is 6.10 Å². The van der Waals surface area contributed by atoms with Crippen molar-refractivity contribution in [3.63, 3.8) is 0 Å². The molecule has 7 heteroatoms. The quantitative estimate of drug-likeness (QED) is 0.564. The monoisotopic (exact) mass is 335 g/mol. The molecule has 1 atom stereocenters. The summed E-state index contributed by atoms with van der Waals surface area (Å²) in [5, 5.41) is 3.66. The standard InChI is InChI=1S/C16H21N3O3S/c20-15(14-10-21-12-8-4-5-9-13(12)22-14)18-19-16(23)17-11-6-2-1-3-7-11/h4-5,8-9,11,14H,1-3,6-7,10H2,(H,18,20)(H2,17,19,23)/t14-/m1/s1. The molecule has 0 spiro atoms. The van der Waals surface area contributed by atoms with Crippen LogP contribution in [0.4, 0.5) is 0 Å². The third kappa shape index (κ3) is 4.25. The van der Waals surface area contributed by atoms with Crippen molar-refractivity contribution in [2.24, 2.45) is 0 Å². The number of hydrogen-bond donors (Lipinski definition) is 3. The van der Waals surface area contributed by atoms with E-state index in [9.17, 15) is 4.79 Å². The fraction of sp³-hybridized carbons (Fsp3) is 0.500. The number of carbonyl (C=O) groups is 1. The van der Waals surface area contributed by atoms with Crippen LogP contribution < -0.4 is 25.6 Å². The molecular formula is C16H21N3O3S. The third-order valence-corrected chi connectivity index (χ3v) is 4.26. The normalized spacial score (nSPS) is 20.4. The molecule has 124 valence electrons. The van der Waals surface area contributed by atoms with Crippen LogP contribution in [0.5, 0.6) is 11.5 Å². The third-order valence-electron chi connectivity index (χ3n) is 4.04. The first-order valence-electron chi connectivity index (χ1n) is 7.97. The zero-order valence-electron chi connectivity index (χ0n) is 12.8. The Labute approximate surface area is 140 Å². The molecule has 1 saturated carbocycles. The Morgan fingerprint density at radius 3 is 2.61 bits per heavy atom. The van der Waals surface area contributed by atoms with Crippen LogP contribution in [0.15, 0.2) is 24.3 Å². The molecule has 6 nitrogen and oxygen atoms in total. The van der Waals surface area contributed by atoms with E-state index in [1.54, 1.807) is 6.07 Å². The molecule has 0 unspecified atom stereocenters. The predicted octanol–water partition coefficient (Wildman–Crippen LogP) is 1.65. The van der Waals surface area contributed by atoms with Gasteiger partial charge in [0, 0.05) is 6.04 Å². The van der Waals surface area contributed by atoms with E-state index in [0.29, 0.717) is 22.7 Å². The Hall–Kier alpha value is -2.02. The van der Waals surface area contributed by atoms with Crippen molar-refractivity contribution in [1.82, 2.24) is 16.2 Å². The maximum absolute atomic E-state index is 12.1. The van der Waals surface area contributed by atoms with Crippen LogP contribution in [-0.2, 0) is 4.79 Å². The highest BCUT2D eigenvalue weighted by Crippen LogP contribution is 2.30. The van der Waals surface area contributed by atoms with E-state index in [4.69, 9.17) is 21.7 Å². The number of amides is 1. The maximum Gasteiger partial charge on any atom is 0.283 e. The largest absolute Gasteiger partial charge is 0.485 e. The van der Waals surface area contributed by atoms with Crippen LogP contribution in [-0.4, -0.2) is 29.8 Å². The number of rotatable bonds is 2. The smallest absolute Gasteiger partial charge is 0.283 e. The first-order valence-corrected chi connectivity index (χ1v) is 8.38. The Bertz CT molecular complexity index is 575. The second-order valence-corrected chi connectivity index (χ2v) is 6.20. The molecule has 0 aromatic heterocycles. The van der Waals surface area contributed by atoms with Gasteiger partial charge < -0.3 is 14.8 Å². The predicted molar refractivity (Wildman–Crippen MR) is 90.2 cm³/mol. The molecule has 0 radical (unpaired) electrons. The Kier molecular flexibility index (Phi) is 5.17. The number of carbonyl (C=O) groups excluding carboxylic acids is 1. The average molecular weight is 335 g/mol. The van der Waals surface area contributed by atoms with Crippen LogP contribution in [0.2, 0.25) is 0 Å². The summed E-state index contributed by atoms with van der Waals surface area (Å²) < 4.78 is 11.2. The van der Waals surface area contributed by atoms with E-state index >= 15 is 0 Å². The number of hydrazine groups is 1. The molecule has 2 aliphatic rings. The zero-order valence-corrected chi connectivity index (χ0v) is 13.7. The molecule has 1 aliphatic carbocycles. The molecule has 0 saturated heterocycles. The highest BCUT2D eigenvalue weighted by atomic mass is 32.1. The van der Waals surface area contributed by atoms with Gasteiger partial charge in [0.1, 0.15) is 6.61 Å². The van der Waals surface area contributed by atoms with E-state index in [2.05, 4.69) is 16.2 Å². The lowest BCUT2D eigenvalue weighted by Gasteiger charge is -2.27. The van der Waals surface area contributed by atoms with Gasteiger partial charge in [0.05, 0.1) is 0 Å². The lowest BCUT2D eigenvalue weighted by atomic mass is 9.96. The second kappa shape index (κ2) is 7.50. The Morgan fingerprint density at radius 2 is 1.83 bits per heavy atom. The van der Waals surface area contributed by atoms with Gasteiger partial charge in [-0.15, -0.1) is 0 Å². The summed E-state index contributed by atoms with van der Waals surface area (Å²) in [4.78, 5) is 12.1. The van der Waals surface area contributed by atoms with Gasteiger partial charge in [-0.3, -0.25) is 15.6 Å². The molecule has 1 aromatic rings. The summed E-state index contributed by atoms with van der Waals surface area (Å²) in [5.74, 6) is 0.910. The summed E-state index contributed by atoms with van der Waals surface area (Å²) in [5.41, 5.74) is 5.31. The van der Waals surface area contributed by atoms with Gasteiger partial charge in [-0.2, -0.15) is 0 Å². The van der Waals surface area contributed by atoms with Crippen molar-refractivity contribution in [2.75, 3.05) is 6.61 Å². The molecule has 3 rings (SSSR count). The number of thiocarbonyl (C=S) groups is 1. The van der Waals surface area contributed by atoms with E-state index in [1.807, 2.05) is 18.2 Å². The van der Waals surface area contributed by atoms with Gasteiger partial charge in [-0.05, 0) is 37.2 Å². The van der Waals surface area contributed by atoms with Gasteiger partial charge in [0.15, 0.2) is 16.6 Å². The summed E-state index contributed by atoms with van der Waals surface area (Å²) in [6.45, 7) is 0.174. The molecule has 3 N–H and O–H groups in total. The molecule has 1 aliphatic heterocycles. The van der Waals surface area contributed by atoms with Crippen molar-refractivity contribution in [1.29, 1.82) is 0 Å². The minimum absolute atomic E-state index is 0.174. The van der Waals surface area contributed by atoms with Crippen LogP contribution in [0.25, 0.3) is 0 Å². The van der Waals surface area contributed by atoms with Crippen LogP contribution in [0.3, 0.4) is 0 Å². The Balaban J connectivity index is 1.43. The van der Waals surface area contributed by atoms with Crippen molar-refractivity contribution >= 4 is 23.2 Å². The summed E-state index contributed by atoms with van der Waals surface area (Å²) in [6, 6.07) is 7.67. The number of nitrogens with one attached hydrogen (secondary N) is 3. The lowest BCUT2D eigenvalue weighted by molar-refractivity contribution is -0.130. The molecule has 1 heterocycles. The second-order valence-electron chi connectivity index (χ2n) is 5.79. The first kappa shape index (κ1) is 15.9. The fourth-order valence-corrected chi connectivity index (χ4v) is 3.03. The van der Waals surface area contributed by atoms with E-state index in [-0.39, 0.29) is 12.5 Å². The van der Waals surface area contributed by atoms with Crippen molar-refractivity contribution < 1.29 is 14.3 Å². The van der Waals surface area contributed by atoms with Gasteiger partial charge in [-0.1, -0.05) is 31.4 Å². The maximum atomic E-state index is 12.1. The zero-order chi connectivity index (χ0) is 16.1. The minimum Gasteiger partial charge on any atom is -0.485 e. The fourth-order valence-electron chi connectivity index (χ4n) is 2.82. The van der Waals surface area contributed by atoms with Gasteiger partial charge in [0.25, 0.3) is 5.91 Å². The summed E-state index contributed by atoms with van der Waals surface area (Å²) >= 11 is 5.21. The van der Waals surface area contributed by atoms with Gasteiger partial charge in [0.2, 0.25) is 6.10 Å². The molecule has 23 heavy (non-hydrogen) atoms. The molecule has 0 bridgehead atoms. The number of fused-ring (bicyclic) bond motifs is 1. The molecule has 1 fully saturated rings. The van der Waals surface area contributed by atoms with Crippen molar-refractivity contribution in [3.05, 3.63) is 24.3 Å². The molecule has 1 amide bonds. The van der Waals surface area contributed by atoms with Gasteiger partial charge in [-0.25, -0.2) is 0 Å². The molecule has 1 aromatic carbocycles. The topological polar surface area (TPSA) is 71.6 Å². The Morgan fingerprint density at radius 1 is 1.09 bits per heavy atom. The highest BCUT2D eigenvalue weighted by Gasteiger charge is 2.27. The SMILES string of the molecule is O=C(NNC(=S)NC1CCCCC1)[C@H]1COc2ccccc2O1. The van der Waals surface area contributed by atoms with Gasteiger partial charge >= 0.3 is 0 Å². The van der Waals surface area contributed by atoms with Crippen molar-refractivity contribution in [3.8, 4) is 11.5 Å². The number of ether oxygens (including phenoxy) is 2. The van der Waals surface area contributed by atoms with Crippen LogP contribution in [0, 0.1) is 0 Å². The number of hydrogen-bond acceptors (Lipinski definition) is 4. The highest BCUT2D eigenvalue weighted by molar-refractivity contribution is 7.80. The minimum atomic E-state index is -0.699.